The van der Waals surface area contributed by atoms with E-state index in [2.05, 4.69) is 10.1 Å². The van der Waals surface area contributed by atoms with Gasteiger partial charge in [0.25, 0.3) is 0 Å². The maximum Gasteiger partial charge on any atom is 0.411 e. The average molecular weight is 264 g/mol. The third-order valence-corrected chi connectivity index (χ3v) is 1.99. The minimum Gasteiger partial charge on any atom is -0.383 e. The summed E-state index contributed by atoms with van der Waals surface area (Å²) in [5.74, 6) is 0.477. The van der Waals surface area contributed by atoms with Crippen LogP contribution in [0.25, 0.3) is 0 Å². The second kappa shape index (κ2) is 9.04. The fourth-order valence-electron chi connectivity index (χ4n) is 1.10. The molecule has 0 amide bonds. The second-order valence-electron chi connectivity index (χ2n) is 3.25. The van der Waals surface area contributed by atoms with Crippen LogP contribution in [0.15, 0.2) is 0 Å². The van der Waals surface area contributed by atoms with Crippen LogP contribution in [0.1, 0.15) is 6.42 Å². The number of hydrogen-bond acceptors (Lipinski definition) is 3. The first-order valence-electron chi connectivity index (χ1n) is 4.92. The number of alkyl halides is 4. The van der Waals surface area contributed by atoms with Crippen molar-refractivity contribution in [1.82, 2.24) is 5.32 Å². The van der Waals surface area contributed by atoms with E-state index in [1.807, 2.05) is 0 Å². The Morgan fingerprint density at radius 3 is 2.56 bits per heavy atom. The van der Waals surface area contributed by atoms with Gasteiger partial charge in [0, 0.05) is 25.6 Å². The van der Waals surface area contributed by atoms with Crippen molar-refractivity contribution in [3.8, 4) is 0 Å². The monoisotopic (exact) mass is 263 g/mol. The Balaban J connectivity index is 3.46. The largest absolute Gasteiger partial charge is 0.411 e. The van der Waals surface area contributed by atoms with Gasteiger partial charge in [-0.05, 0) is 6.42 Å². The molecule has 1 atom stereocenters. The lowest BCUT2D eigenvalue weighted by Gasteiger charge is -2.16. The molecule has 0 aliphatic carbocycles. The standard InChI is InChI=1S/C9H17ClF3NO2/c1-15-6-8(2-3-10)14-4-5-16-7-9(11,12)13/h8,14H,2-7H2,1H3. The van der Waals surface area contributed by atoms with Gasteiger partial charge in [-0.2, -0.15) is 13.2 Å². The summed E-state index contributed by atoms with van der Waals surface area (Å²) in [6, 6.07) is 0.0528. The Morgan fingerprint density at radius 1 is 1.38 bits per heavy atom. The lowest BCUT2D eigenvalue weighted by molar-refractivity contribution is -0.173. The Kier molecular flexibility index (Phi) is 9.02. The summed E-state index contributed by atoms with van der Waals surface area (Å²) in [7, 11) is 1.56. The van der Waals surface area contributed by atoms with Crippen LogP contribution in [0.3, 0.4) is 0 Å². The van der Waals surface area contributed by atoms with Gasteiger partial charge in [0.1, 0.15) is 6.61 Å². The molecule has 16 heavy (non-hydrogen) atoms. The molecule has 3 nitrogen and oxygen atoms in total. The molecular formula is C9H17ClF3NO2. The molecule has 0 fully saturated rings. The molecule has 0 aromatic heterocycles. The zero-order chi connectivity index (χ0) is 12.4. The molecule has 1 N–H and O–H groups in total. The van der Waals surface area contributed by atoms with Gasteiger partial charge < -0.3 is 14.8 Å². The first kappa shape index (κ1) is 16.0. The van der Waals surface area contributed by atoms with Crippen LogP contribution in [0.4, 0.5) is 13.2 Å². The molecule has 0 aliphatic heterocycles. The summed E-state index contributed by atoms with van der Waals surface area (Å²) in [5, 5.41) is 3.01. The van der Waals surface area contributed by atoms with Crippen molar-refractivity contribution in [2.24, 2.45) is 0 Å². The van der Waals surface area contributed by atoms with Crippen molar-refractivity contribution < 1.29 is 22.6 Å². The Bertz CT molecular complexity index is 163. The Morgan fingerprint density at radius 2 is 2.06 bits per heavy atom. The van der Waals surface area contributed by atoms with E-state index in [9.17, 15) is 13.2 Å². The van der Waals surface area contributed by atoms with Crippen LogP contribution in [0, 0.1) is 0 Å². The van der Waals surface area contributed by atoms with E-state index in [1.165, 1.54) is 0 Å². The first-order valence-corrected chi connectivity index (χ1v) is 5.46. The number of nitrogens with one attached hydrogen (secondary N) is 1. The molecule has 0 heterocycles. The molecule has 1 unspecified atom stereocenters. The Labute approximate surface area is 98.2 Å². The van der Waals surface area contributed by atoms with Crippen molar-refractivity contribution in [1.29, 1.82) is 0 Å². The van der Waals surface area contributed by atoms with Crippen molar-refractivity contribution in [3.05, 3.63) is 0 Å². The van der Waals surface area contributed by atoms with Crippen molar-refractivity contribution in [2.75, 3.05) is 39.4 Å². The SMILES string of the molecule is COCC(CCCl)NCCOCC(F)(F)F. The molecule has 0 bridgehead atoms. The van der Waals surface area contributed by atoms with Gasteiger partial charge in [-0.25, -0.2) is 0 Å². The van der Waals surface area contributed by atoms with Gasteiger partial charge >= 0.3 is 6.18 Å². The topological polar surface area (TPSA) is 30.5 Å². The van der Waals surface area contributed by atoms with E-state index in [-0.39, 0.29) is 12.6 Å². The van der Waals surface area contributed by atoms with E-state index in [0.29, 0.717) is 25.5 Å². The van der Waals surface area contributed by atoms with E-state index in [0.717, 1.165) is 0 Å². The zero-order valence-corrected chi connectivity index (χ0v) is 9.90. The molecule has 0 aromatic rings. The minimum absolute atomic E-state index is 0.0159. The van der Waals surface area contributed by atoms with Gasteiger partial charge in [0.15, 0.2) is 0 Å². The summed E-state index contributed by atoms with van der Waals surface area (Å²) in [6.45, 7) is -0.367. The average Bonchev–Trinajstić information content (AvgIpc) is 2.16. The predicted octanol–water partition coefficient (Wildman–Crippen LogP) is 1.80. The van der Waals surface area contributed by atoms with E-state index >= 15 is 0 Å². The lowest BCUT2D eigenvalue weighted by Crippen LogP contribution is -2.36. The summed E-state index contributed by atoms with van der Waals surface area (Å²) >= 11 is 5.56. The number of ether oxygens (including phenoxy) is 2. The molecule has 0 radical (unpaired) electrons. The highest BCUT2D eigenvalue weighted by Crippen LogP contribution is 2.13. The quantitative estimate of drug-likeness (QED) is 0.508. The van der Waals surface area contributed by atoms with E-state index in [4.69, 9.17) is 16.3 Å². The minimum atomic E-state index is -4.26. The predicted molar refractivity (Wildman–Crippen MR) is 55.9 cm³/mol. The number of halogens is 4. The van der Waals surface area contributed by atoms with Crippen LogP contribution in [0.2, 0.25) is 0 Å². The van der Waals surface area contributed by atoms with Gasteiger partial charge in [-0.3, -0.25) is 0 Å². The number of methoxy groups -OCH3 is 1. The molecule has 0 spiro atoms. The van der Waals surface area contributed by atoms with Gasteiger partial charge in [-0.15, -0.1) is 11.6 Å². The summed E-state index contributed by atoms with van der Waals surface area (Å²) in [6.07, 6.45) is -3.56. The molecule has 0 aromatic carbocycles. The highest BCUT2D eigenvalue weighted by molar-refractivity contribution is 6.17. The van der Waals surface area contributed by atoms with Crippen LogP contribution in [-0.4, -0.2) is 51.6 Å². The molecule has 0 saturated heterocycles. The first-order chi connectivity index (χ1) is 7.49. The molecule has 0 rings (SSSR count). The fraction of sp³-hybridized carbons (Fsp3) is 1.00. The molecule has 0 aliphatic rings. The maximum atomic E-state index is 11.7. The smallest absolute Gasteiger partial charge is 0.383 e. The zero-order valence-electron chi connectivity index (χ0n) is 9.15. The summed E-state index contributed by atoms with van der Waals surface area (Å²) in [5.41, 5.74) is 0. The normalized spacial score (nSPS) is 14.1. The van der Waals surface area contributed by atoms with Crippen LogP contribution >= 0.6 is 11.6 Å². The van der Waals surface area contributed by atoms with E-state index in [1.54, 1.807) is 7.11 Å². The van der Waals surface area contributed by atoms with Crippen LogP contribution in [-0.2, 0) is 9.47 Å². The van der Waals surface area contributed by atoms with Gasteiger partial charge in [0.2, 0.25) is 0 Å². The number of rotatable bonds is 9. The highest BCUT2D eigenvalue weighted by atomic mass is 35.5. The Hall–Kier alpha value is -0.0400. The molecule has 98 valence electrons. The third kappa shape index (κ3) is 10.5. The van der Waals surface area contributed by atoms with Crippen molar-refractivity contribution in [2.45, 2.75) is 18.6 Å². The molecular weight excluding hydrogens is 247 g/mol. The van der Waals surface area contributed by atoms with Gasteiger partial charge in [0.05, 0.1) is 13.2 Å². The number of hydrogen-bond donors (Lipinski definition) is 1. The second-order valence-corrected chi connectivity index (χ2v) is 3.63. The highest BCUT2D eigenvalue weighted by Gasteiger charge is 2.27. The summed E-state index contributed by atoms with van der Waals surface area (Å²) < 4.78 is 44.5. The van der Waals surface area contributed by atoms with Crippen LogP contribution in [0.5, 0.6) is 0 Å². The maximum absolute atomic E-state index is 11.7. The molecule has 7 heteroatoms. The van der Waals surface area contributed by atoms with E-state index < -0.39 is 12.8 Å². The van der Waals surface area contributed by atoms with Gasteiger partial charge in [-0.1, -0.05) is 0 Å². The fourth-order valence-corrected chi connectivity index (χ4v) is 1.36. The molecule has 0 saturated carbocycles. The van der Waals surface area contributed by atoms with Crippen LogP contribution < -0.4 is 5.32 Å². The third-order valence-electron chi connectivity index (χ3n) is 1.77. The van der Waals surface area contributed by atoms with Crippen molar-refractivity contribution >= 4 is 11.6 Å². The lowest BCUT2D eigenvalue weighted by atomic mass is 10.2. The van der Waals surface area contributed by atoms with Crippen molar-refractivity contribution in [3.63, 3.8) is 0 Å². The summed E-state index contributed by atoms with van der Waals surface area (Å²) in [4.78, 5) is 0.